The number of carbonyl (C=O) groups excluding carboxylic acids is 3. The first-order valence-corrected chi connectivity index (χ1v) is 10.7. The Labute approximate surface area is 181 Å². The van der Waals surface area contributed by atoms with Crippen LogP contribution in [0.2, 0.25) is 0 Å². The molecule has 2 aliphatic heterocycles. The Morgan fingerprint density at radius 1 is 0.800 bits per heavy atom. The molecule has 0 unspecified atom stereocenters. The second-order valence-electron chi connectivity index (χ2n) is 10.4. The lowest BCUT2D eigenvalue weighted by molar-refractivity contribution is -0.111. The maximum atomic E-state index is 11.7. The van der Waals surface area contributed by atoms with Gasteiger partial charge in [-0.05, 0) is 59.3 Å². The average molecular weight is 425 g/mol. The third kappa shape index (κ3) is 8.36. The van der Waals surface area contributed by atoms with E-state index in [9.17, 15) is 14.4 Å². The fraction of sp³-hybridized carbons (Fsp3) is 0.783. The molecular formula is C23H40N2O5. The zero-order valence-electron chi connectivity index (χ0n) is 19.9. The molecule has 30 heavy (non-hydrogen) atoms. The van der Waals surface area contributed by atoms with Crippen molar-refractivity contribution < 1.29 is 23.9 Å². The third-order valence-corrected chi connectivity index (χ3v) is 5.12. The van der Waals surface area contributed by atoms with Crippen molar-refractivity contribution in [2.45, 2.75) is 66.6 Å². The Bertz CT molecular complexity index is 566. The number of rotatable bonds is 2. The molecule has 0 spiro atoms. The highest BCUT2D eigenvalue weighted by Crippen LogP contribution is 2.25. The number of carbonyl (C=O) groups is 3. The van der Waals surface area contributed by atoms with Gasteiger partial charge in [0.25, 0.3) is 0 Å². The van der Waals surface area contributed by atoms with Crippen LogP contribution in [-0.2, 0) is 14.3 Å². The molecule has 0 aliphatic carbocycles. The second-order valence-corrected chi connectivity index (χ2v) is 10.4. The minimum Gasteiger partial charge on any atom is -0.444 e. The van der Waals surface area contributed by atoms with Gasteiger partial charge in [-0.1, -0.05) is 19.9 Å². The summed E-state index contributed by atoms with van der Waals surface area (Å²) in [7, 11) is 0. The summed E-state index contributed by atoms with van der Waals surface area (Å²) in [6.45, 7) is 21.7. The smallest absolute Gasteiger partial charge is 0.410 e. The first-order chi connectivity index (χ1) is 13.7. The molecule has 0 saturated carbocycles. The van der Waals surface area contributed by atoms with Crippen molar-refractivity contribution in [3.8, 4) is 0 Å². The van der Waals surface area contributed by atoms with Gasteiger partial charge >= 0.3 is 12.2 Å². The van der Waals surface area contributed by atoms with Gasteiger partial charge < -0.3 is 24.1 Å². The van der Waals surface area contributed by atoms with E-state index in [4.69, 9.17) is 9.47 Å². The van der Waals surface area contributed by atoms with Crippen molar-refractivity contribution >= 4 is 18.5 Å². The zero-order chi connectivity index (χ0) is 23.3. The van der Waals surface area contributed by atoms with Gasteiger partial charge in [0.2, 0.25) is 0 Å². The van der Waals surface area contributed by atoms with E-state index in [1.165, 1.54) is 0 Å². The van der Waals surface area contributed by atoms with Gasteiger partial charge in [-0.3, -0.25) is 0 Å². The fourth-order valence-corrected chi connectivity index (χ4v) is 3.42. The SMILES string of the molecule is C=C[C@@H]1CN(C(=O)OC(C)(C)C)C[C@H]1C.C[C@@H]1CN(C(=O)OC(C)(C)C)C[C@H]1C=O. The first-order valence-electron chi connectivity index (χ1n) is 10.7. The molecule has 4 atom stereocenters. The fourth-order valence-electron chi connectivity index (χ4n) is 3.42. The van der Waals surface area contributed by atoms with Crippen LogP contribution < -0.4 is 0 Å². The van der Waals surface area contributed by atoms with Crippen molar-refractivity contribution in [3.05, 3.63) is 12.7 Å². The summed E-state index contributed by atoms with van der Waals surface area (Å²) in [6.07, 6.45) is 2.32. The Hall–Kier alpha value is -2.05. The Balaban J connectivity index is 0.000000300. The molecule has 2 heterocycles. The molecule has 0 aromatic heterocycles. The summed E-state index contributed by atoms with van der Waals surface area (Å²) in [5.74, 6) is 1.07. The van der Waals surface area contributed by atoms with E-state index in [1.54, 1.807) is 9.80 Å². The number of likely N-dealkylation sites (tertiary alicyclic amines) is 2. The number of aldehydes is 1. The largest absolute Gasteiger partial charge is 0.444 e. The first kappa shape index (κ1) is 26.0. The van der Waals surface area contributed by atoms with Crippen LogP contribution in [0, 0.1) is 23.7 Å². The molecule has 2 saturated heterocycles. The van der Waals surface area contributed by atoms with Crippen molar-refractivity contribution in [1.29, 1.82) is 0 Å². The predicted molar refractivity (Wildman–Crippen MR) is 117 cm³/mol. The second kappa shape index (κ2) is 10.3. The van der Waals surface area contributed by atoms with Crippen LogP contribution in [0.15, 0.2) is 12.7 Å². The lowest BCUT2D eigenvalue weighted by Crippen LogP contribution is -2.35. The lowest BCUT2D eigenvalue weighted by Gasteiger charge is -2.24. The van der Waals surface area contributed by atoms with E-state index in [-0.39, 0.29) is 24.0 Å². The molecule has 7 nitrogen and oxygen atoms in total. The molecule has 0 N–H and O–H groups in total. The molecule has 2 fully saturated rings. The summed E-state index contributed by atoms with van der Waals surface area (Å²) in [4.78, 5) is 37.5. The highest BCUT2D eigenvalue weighted by molar-refractivity contribution is 5.70. The molecule has 172 valence electrons. The Kier molecular flexibility index (Phi) is 8.93. The van der Waals surface area contributed by atoms with Crippen LogP contribution in [0.25, 0.3) is 0 Å². The minimum atomic E-state index is -0.473. The Morgan fingerprint density at radius 3 is 1.43 bits per heavy atom. The summed E-state index contributed by atoms with van der Waals surface area (Å²) in [5.41, 5.74) is -0.883. The van der Waals surface area contributed by atoms with Gasteiger partial charge in [0.1, 0.15) is 17.5 Å². The van der Waals surface area contributed by atoms with E-state index < -0.39 is 11.2 Å². The minimum absolute atomic E-state index is 0.0440. The van der Waals surface area contributed by atoms with Crippen LogP contribution in [0.5, 0.6) is 0 Å². The third-order valence-electron chi connectivity index (χ3n) is 5.12. The molecular weight excluding hydrogens is 384 g/mol. The van der Waals surface area contributed by atoms with E-state index in [0.717, 1.165) is 19.4 Å². The topological polar surface area (TPSA) is 76.2 Å². The van der Waals surface area contributed by atoms with Crippen molar-refractivity contribution in [3.63, 3.8) is 0 Å². The number of nitrogens with zero attached hydrogens (tertiary/aromatic N) is 2. The number of hydrogen-bond donors (Lipinski definition) is 0. The van der Waals surface area contributed by atoms with Gasteiger partial charge in [0.05, 0.1) is 0 Å². The van der Waals surface area contributed by atoms with E-state index in [2.05, 4.69) is 13.5 Å². The summed E-state index contributed by atoms with van der Waals surface area (Å²) in [5, 5.41) is 0. The maximum absolute atomic E-state index is 11.7. The summed E-state index contributed by atoms with van der Waals surface area (Å²) >= 11 is 0. The predicted octanol–water partition coefficient (Wildman–Crippen LogP) is 4.36. The molecule has 0 aromatic carbocycles. The van der Waals surface area contributed by atoms with Crippen LogP contribution in [-0.4, -0.2) is 65.7 Å². The van der Waals surface area contributed by atoms with Crippen molar-refractivity contribution in [2.75, 3.05) is 26.2 Å². The number of amides is 2. The van der Waals surface area contributed by atoms with Crippen LogP contribution in [0.4, 0.5) is 9.59 Å². The maximum Gasteiger partial charge on any atom is 0.410 e. The van der Waals surface area contributed by atoms with Crippen molar-refractivity contribution in [1.82, 2.24) is 9.80 Å². The van der Waals surface area contributed by atoms with E-state index in [0.29, 0.717) is 24.9 Å². The van der Waals surface area contributed by atoms with Crippen LogP contribution in [0.1, 0.15) is 55.4 Å². The van der Waals surface area contributed by atoms with E-state index >= 15 is 0 Å². The normalized spacial score (nSPS) is 26.5. The molecule has 2 aliphatic rings. The van der Waals surface area contributed by atoms with Gasteiger partial charge in [-0.25, -0.2) is 9.59 Å². The zero-order valence-corrected chi connectivity index (χ0v) is 19.9. The molecule has 7 heteroatoms. The molecule has 2 amide bonds. The van der Waals surface area contributed by atoms with Crippen LogP contribution >= 0.6 is 0 Å². The summed E-state index contributed by atoms with van der Waals surface area (Å²) in [6, 6.07) is 0. The van der Waals surface area contributed by atoms with Crippen LogP contribution in [0.3, 0.4) is 0 Å². The van der Waals surface area contributed by atoms with Gasteiger partial charge in [0.15, 0.2) is 0 Å². The number of hydrogen-bond acceptors (Lipinski definition) is 5. The van der Waals surface area contributed by atoms with Gasteiger partial charge in [0, 0.05) is 32.1 Å². The number of ether oxygens (including phenoxy) is 2. The summed E-state index contributed by atoms with van der Waals surface area (Å²) < 4.78 is 10.5. The van der Waals surface area contributed by atoms with E-state index in [1.807, 2.05) is 54.5 Å². The highest BCUT2D eigenvalue weighted by Gasteiger charge is 2.34. The highest BCUT2D eigenvalue weighted by atomic mass is 16.6. The monoisotopic (exact) mass is 424 g/mol. The quantitative estimate of drug-likeness (QED) is 0.486. The van der Waals surface area contributed by atoms with Crippen molar-refractivity contribution in [2.24, 2.45) is 23.7 Å². The molecule has 0 radical (unpaired) electrons. The Morgan fingerprint density at radius 2 is 1.17 bits per heavy atom. The molecule has 0 aromatic rings. The lowest BCUT2D eigenvalue weighted by atomic mass is 9.99. The molecule has 2 rings (SSSR count). The van der Waals surface area contributed by atoms with Gasteiger partial charge in [-0.2, -0.15) is 0 Å². The van der Waals surface area contributed by atoms with Gasteiger partial charge in [-0.15, -0.1) is 6.58 Å². The average Bonchev–Trinajstić information content (AvgIpc) is 3.15. The standard InChI is InChI=1S/C12H21NO2.C11H19NO3/c1-6-10-8-13(7-9(10)2)11(14)15-12(3,4)5;1-8-5-12(6-9(8)7-13)10(14)15-11(2,3)4/h6,9-10H,1,7-8H2,2-5H3;7-9H,5-6H2,1-4H3/t9-,10-;8-,9+/m11/s1. The molecule has 0 bridgehead atoms.